The standard InChI is InChI=1S/C24H20O3S2/c1-28-24-23(20-12-11-18-9-5-6-10-19(18)13-20)27-21(16-29-24)14-22(25)26-15-17-7-3-2-4-8-17/h2-14H,15-16H2,1H3/b21-14-. The minimum Gasteiger partial charge on any atom is -0.458 e. The summed E-state index contributed by atoms with van der Waals surface area (Å²) in [5, 5.41) is 2.34. The van der Waals surface area contributed by atoms with Gasteiger partial charge in [0, 0.05) is 5.56 Å². The van der Waals surface area contributed by atoms with E-state index in [1.165, 1.54) is 11.5 Å². The van der Waals surface area contributed by atoms with Crippen molar-refractivity contribution >= 4 is 46.0 Å². The van der Waals surface area contributed by atoms with Crippen molar-refractivity contribution in [2.45, 2.75) is 6.61 Å². The van der Waals surface area contributed by atoms with E-state index in [9.17, 15) is 4.79 Å². The Hall–Kier alpha value is -2.63. The van der Waals surface area contributed by atoms with Gasteiger partial charge in [0.05, 0.1) is 16.1 Å². The van der Waals surface area contributed by atoms with Gasteiger partial charge in [-0.05, 0) is 28.7 Å². The van der Waals surface area contributed by atoms with Crippen LogP contribution in [0.5, 0.6) is 0 Å². The smallest absolute Gasteiger partial charge is 0.334 e. The Labute approximate surface area is 178 Å². The molecule has 0 aliphatic carbocycles. The molecule has 146 valence electrons. The maximum atomic E-state index is 12.2. The second-order valence-corrected chi connectivity index (χ2v) is 8.54. The number of hydrogen-bond acceptors (Lipinski definition) is 5. The van der Waals surface area contributed by atoms with Crippen molar-refractivity contribution in [1.82, 2.24) is 0 Å². The number of benzene rings is 3. The lowest BCUT2D eigenvalue weighted by molar-refractivity contribution is -0.139. The van der Waals surface area contributed by atoms with Gasteiger partial charge in [0.2, 0.25) is 0 Å². The summed E-state index contributed by atoms with van der Waals surface area (Å²) >= 11 is 3.33. The molecule has 0 N–H and O–H groups in total. The lowest BCUT2D eigenvalue weighted by atomic mass is 10.1. The van der Waals surface area contributed by atoms with E-state index in [1.54, 1.807) is 23.5 Å². The van der Waals surface area contributed by atoms with Gasteiger partial charge in [0.25, 0.3) is 0 Å². The zero-order valence-corrected chi connectivity index (χ0v) is 17.6. The van der Waals surface area contributed by atoms with E-state index in [4.69, 9.17) is 9.47 Å². The monoisotopic (exact) mass is 420 g/mol. The van der Waals surface area contributed by atoms with Crippen molar-refractivity contribution in [1.29, 1.82) is 0 Å². The van der Waals surface area contributed by atoms with Crippen molar-refractivity contribution in [3.8, 4) is 0 Å². The number of carbonyl (C=O) groups excluding carboxylic acids is 1. The third-order valence-corrected chi connectivity index (χ3v) is 6.75. The SMILES string of the molecule is CSC1=C(c2ccc3ccccc3c2)O/C(=C\C(=O)OCc2ccccc2)CS1. The predicted octanol–water partition coefficient (Wildman–Crippen LogP) is 6.22. The first kappa shape index (κ1) is 19.7. The first-order chi connectivity index (χ1) is 14.2. The van der Waals surface area contributed by atoms with E-state index in [0.717, 1.165) is 26.5 Å². The van der Waals surface area contributed by atoms with Crippen LogP contribution in [0.15, 0.2) is 88.9 Å². The van der Waals surface area contributed by atoms with Crippen LogP contribution in [0, 0.1) is 0 Å². The Kier molecular flexibility index (Phi) is 6.27. The number of thioether (sulfide) groups is 2. The van der Waals surface area contributed by atoms with Gasteiger partial charge in [-0.1, -0.05) is 66.7 Å². The number of esters is 1. The molecule has 3 aromatic carbocycles. The molecule has 0 atom stereocenters. The quantitative estimate of drug-likeness (QED) is 0.362. The van der Waals surface area contributed by atoms with Gasteiger partial charge in [0.15, 0.2) is 5.76 Å². The summed E-state index contributed by atoms with van der Waals surface area (Å²) in [6, 6.07) is 24.2. The van der Waals surface area contributed by atoms with Gasteiger partial charge in [-0.15, -0.1) is 23.5 Å². The van der Waals surface area contributed by atoms with Gasteiger partial charge >= 0.3 is 5.97 Å². The van der Waals surface area contributed by atoms with Gasteiger partial charge in [0.1, 0.15) is 12.4 Å². The van der Waals surface area contributed by atoms with Crippen LogP contribution in [-0.2, 0) is 20.9 Å². The molecule has 1 aliphatic heterocycles. The Bertz CT molecular complexity index is 1090. The molecule has 0 aromatic heterocycles. The van der Waals surface area contributed by atoms with Crippen LogP contribution in [0.2, 0.25) is 0 Å². The topological polar surface area (TPSA) is 35.5 Å². The Morgan fingerprint density at radius 3 is 2.62 bits per heavy atom. The largest absolute Gasteiger partial charge is 0.458 e. The number of hydrogen-bond donors (Lipinski definition) is 0. The van der Waals surface area contributed by atoms with Crippen LogP contribution < -0.4 is 0 Å². The molecule has 0 saturated carbocycles. The van der Waals surface area contributed by atoms with E-state index >= 15 is 0 Å². The molecular weight excluding hydrogens is 400 g/mol. The third kappa shape index (κ3) is 4.86. The highest BCUT2D eigenvalue weighted by molar-refractivity contribution is 8.22. The van der Waals surface area contributed by atoms with Crippen molar-refractivity contribution < 1.29 is 14.3 Å². The number of rotatable bonds is 5. The Balaban J connectivity index is 1.52. The Morgan fingerprint density at radius 1 is 1.07 bits per heavy atom. The summed E-state index contributed by atoms with van der Waals surface area (Å²) in [4.78, 5) is 12.2. The number of ether oxygens (including phenoxy) is 2. The van der Waals surface area contributed by atoms with E-state index in [2.05, 4.69) is 30.3 Å². The summed E-state index contributed by atoms with van der Waals surface area (Å²) in [7, 11) is 0. The highest BCUT2D eigenvalue weighted by Gasteiger charge is 2.21. The van der Waals surface area contributed by atoms with E-state index in [1.807, 2.05) is 48.7 Å². The van der Waals surface area contributed by atoms with Crippen LogP contribution in [0.25, 0.3) is 16.5 Å². The van der Waals surface area contributed by atoms with Crippen LogP contribution in [-0.4, -0.2) is 18.0 Å². The summed E-state index contributed by atoms with van der Waals surface area (Å²) in [5.74, 6) is 1.61. The Morgan fingerprint density at radius 2 is 1.83 bits per heavy atom. The fourth-order valence-electron chi connectivity index (χ4n) is 3.04. The third-order valence-electron chi connectivity index (χ3n) is 4.46. The van der Waals surface area contributed by atoms with E-state index in [0.29, 0.717) is 11.5 Å². The summed E-state index contributed by atoms with van der Waals surface area (Å²) in [6.07, 6.45) is 3.49. The zero-order chi connectivity index (χ0) is 20.1. The maximum absolute atomic E-state index is 12.2. The van der Waals surface area contributed by atoms with Crippen LogP contribution in [0.1, 0.15) is 11.1 Å². The minimum atomic E-state index is -0.394. The fraction of sp³-hybridized carbons (Fsp3) is 0.125. The molecule has 3 nitrogen and oxygen atoms in total. The molecule has 0 spiro atoms. The van der Waals surface area contributed by atoms with Gasteiger partial charge in [-0.25, -0.2) is 4.79 Å². The first-order valence-corrected chi connectivity index (χ1v) is 11.4. The summed E-state index contributed by atoms with van der Waals surface area (Å²) < 4.78 is 12.6. The van der Waals surface area contributed by atoms with Gasteiger partial charge < -0.3 is 9.47 Å². The molecule has 0 unspecified atom stereocenters. The van der Waals surface area contributed by atoms with Crippen molar-refractivity contribution in [2.75, 3.05) is 12.0 Å². The number of carbonyl (C=O) groups is 1. The molecule has 0 saturated heterocycles. The number of fused-ring (bicyclic) bond motifs is 1. The van der Waals surface area contributed by atoms with Crippen LogP contribution in [0.4, 0.5) is 0 Å². The molecule has 5 heteroatoms. The molecule has 1 aliphatic rings. The molecule has 29 heavy (non-hydrogen) atoms. The fourth-order valence-corrected chi connectivity index (χ4v) is 4.74. The van der Waals surface area contributed by atoms with Gasteiger partial charge in [-0.2, -0.15) is 0 Å². The van der Waals surface area contributed by atoms with Crippen molar-refractivity contribution in [3.63, 3.8) is 0 Å². The highest BCUT2D eigenvalue weighted by Crippen LogP contribution is 2.42. The molecule has 3 aromatic rings. The second kappa shape index (κ2) is 9.25. The molecule has 1 heterocycles. The maximum Gasteiger partial charge on any atom is 0.334 e. The minimum absolute atomic E-state index is 0.250. The first-order valence-electron chi connectivity index (χ1n) is 9.22. The van der Waals surface area contributed by atoms with Crippen LogP contribution >= 0.6 is 23.5 Å². The van der Waals surface area contributed by atoms with Crippen molar-refractivity contribution in [3.05, 3.63) is 100.0 Å². The average Bonchev–Trinajstić information content (AvgIpc) is 2.78. The van der Waals surface area contributed by atoms with Crippen LogP contribution in [0.3, 0.4) is 0 Å². The zero-order valence-electron chi connectivity index (χ0n) is 16.0. The summed E-state index contributed by atoms with van der Waals surface area (Å²) in [6.45, 7) is 0.250. The highest BCUT2D eigenvalue weighted by atomic mass is 32.2. The molecule has 0 radical (unpaired) electrons. The van der Waals surface area contributed by atoms with E-state index in [-0.39, 0.29) is 6.61 Å². The molecular formula is C24H20O3S2. The molecule has 4 rings (SSSR count). The van der Waals surface area contributed by atoms with Gasteiger partial charge in [-0.3, -0.25) is 0 Å². The lowest BCUT2D eigenvalue weighted by Gasteiger charge is -2.22. The molecule has 0 amide bonds. The average molecular weight is 421 g/mol. The molecule has 0 bridgehead atoms. The van der Waals surface area contributed by atoms with E-state index < -0.39 is 5.97 Å². The second-order valence-electron chi connectivity index (χ2n) is 6.48. The van der Waals surface area contributed by atoms with Crippen molar-refractivity contribution in [2.24, 2.45) is 0 Å². The normalized spacial score (nSPS) is 15.4. The summed E-state index contributed by atoms with van der Waals surface area (Å²) in [5.41, 5.74) is 1.96. The lowest BCUT2D eigenvalue weighted by Crippen LogP contribution is -2.08. The molecule has 0 fully saturated rings. The predicted molar refractivity (Wildman–Crippen MR) is 122 cm³/mol.